The molecule has 0 amide bonds. The fourth-order valence-corrected chi connectivity index (χ4v) is 3.49. The minimum Gasteiger partial charge on any atom is -0.369 e. The molecule has 5 rings (SSSR count). The molecule has 2 aromatic carbocycles. The highest BCUT2D eigenvalue weighted by Crippen LogP contribution is 2.23. The number of aromatic nitrogens is 4. The Hall–Kier alpha value is -3.58. The average Bonchev–Trinajstić information content (AvgIpc) is 2.80. The molecular formula is C22H21N7. The van der Waals surface area contributed by atoms with Gasteiger partial charge >= 0.3 is 0 Å². The van der Waals surface area contributed by atoms with Crippen molar-refractivity contribution in [3.05, 3.63) is 66.9 Å². The van der Waals surface area contributed by atoms with Crippen LogP contribution in [0.4, 0.5) is 17.3 Å². The molecule has 0 spiro atoms. The van der Waals surface area contributed by atoms with Gasteiger partial charge < -0.3 is 15.5 Å². The zero-order valence-electron chi connectivity index (χ0n) is 15.9. The summed E-state index contributed by atoms with van der Waals surface area (Å²) in [6.45, 7) is 4.11. The average molecular weight is 383 g/mol. The molecule has 4 aromatic rings. The van der Waals surface area contributed by atoms with E-state index in [0.717, 1.165) is 54.2 Å². The molecule has 7 nitrogen and oxygen atoms in total. The fourth-order valence-electron chi connectivity index (χ4n) is 3.49. The standard InChI is InChI=1S/C22H21N7/c1-2-10-24-19(3-1)16-4-9-20-21(15-16)26-22(28-27-20)25-17-5-7-18(8-6-17)29-13-11-23-12-14-29/h1-10,15,23H,11-14H2,(H,25,26,28). The number of rotatable bonds is 4. The molecule has 7 heteroatoms. The first-order valence-electron chi connectivity index (χ1n) is 9.74. The molecule has 3 heterocycles. The molecule has 0 aliphatic carbocycles. The van der Waals surface area contributed by atoms with Gasteiger partial charge in [-0.15, -0.1) is 10.2 Å². The van der Waals surface area contributed by atoms with Crippen molar-refractivity contribution in [1.82, 2.24) is 25.5 Å². The Morgan fingerprint density at radius 1 is 0.862 bits per heavy atom. The first kappa shape index (κ1) is 17.5. The van der Waals surface area contributed by atoms with Gasteiger partial charge in [-0.1, -0.05) is 12.1 Å². The van der Waals surface area contributed by atoms with Crippen LogP contribution in [-0.4, -0.2) is 46.3 Å². The fraction of sp³-hybridized carbons (Fsp3) is 0.182. The smallest absolute Gasteiger partial charge is 0.247 e. The Morgan fingerprint density at radius 3 is 2.52 bits per heavy atom. The Kier molecular flexibility index (Phi) is 4.72. The van der Waals surface area contributed by atoms with E-state index in [1.165, 1.54) is 5.69 Å². The van der Waals surface area contributed by atoms with Crippen molar-refractivity contribution in [3.63, 3.8) is 0 Å². The number of fused-ring (bicyclic) bond motifs is 1. The molecule has 2 N–H and O–H groups in total. The van der Waals surface area contributed by atoms with Crippen molar-refractivity contribution in [2.45, 2.75) is 0 Å². The Bertz CT molecular complexity index is 1110. The van der Waals surface area contributed by atoms with Gasteiger partial charge in [0.25, 0.3) is 0 Å². The third-order valence-electron chi connectivity index (χ3n) is 5.02. The maximum absolute atomic E-state index is 4.64. The molecule has 1 saturated heterocycles. The summed E-state index contributed by atoms with van der Waals surface area (Å²) in [7, 11) is 0. The summed E-state index contributed by atoms with van der Waals surface area (Å²) in [5.74, 6) is 0.477. The van der Waals surface area contributed by atoms with Crippen LogP contribution in [0.5, 0.6) is 0 Å². The van der Waals surface area contributed by atoms with Gasteiger partial charge in [-0.05, 0) is 48.5 Å². The number of piperazine rings is 1. The summed E-state index contributed by atoms with van der Waals surface area (Å²) >= 11 is 0. The zero-order chi connectivity index (χ0) is 19.5. The van der Waals surface area contributed by atoms with E-state index in [-0.39, 0.29) is 0 Å². The second kappa shape index (κ2) is 7.81. The number of nitrogens with one attached hydrogen (secondary N) is 2. The van der Waals surface area contributed by atoms with Crippen molar-refractivity contribution in [2.24, 2.45) is 0 Å². The summed E-state index contributed by atoms with van der Waals surface area (Å²) in [4.78, 5) is 11.4. The van der Waals surface area contributed by atoms with E-state index in [0.29, 0.717) is 5.95 Å². The summed E-state index contributed by atoms with van der Waals surface area (Å²) in [6, 6.07) is 20.1. The minimum absolute atomic E-state index is 0.477. The third kappa shape index (κ3) is 3.86. The predicted octanol–water partition coefficient (Wildman–Crippen LogP) is 3.24. The normalized spacial score (nSPS) is 14.1. The highest BCUT2D eigenvalue weighted by atomic mass is 15.2. The lowest BCUT2D eigenvalue weighted by Crippen LogP contribution is -2.43. The molecule has 1 aliphatic heterocycles. The second-order valence-electron chi connectivity index (χ2n) is 6.96. The number of hydrogen-bond acceptors (Lipinski definition) is 7. The van der Waals surface area contributed by atoms with Crippen molar-refractivity contribution in [3.8, 4) is 11.3 Å². The first-order chi connectivity index (χ1) is 14.3. The van der Waals surface area contributed by atoms with Crippen LogP contribution in [0.15, 0.2) is 66.9 Å². The lowest BCUT2D eigenvalue weighted by atomic mass is 10.1. The van der Waals surface area contributed by atoms with Crippen LogP contribution in [0.25, 0.3) is 22.3 Å². The molecule has 0 unspecified atom stereocenters. The van der Waals surface area contributed by atoms with Gasteiger partial charge in [0.15, 0.2) is 0 Å². The van der Waals surface area contributed by atoms with E-state index in [2.05, 4.69) is 60.0 Å². The van der Waals surface area contributed by atoms with Gasteiger partial charge in [-0.3, -0.25) is 4.98 Å². The molecule has 1 aliphatic rings. The van der Waals surface area contributed by atoms with E-state index in [4.69, 9.17) is 0 Å². The van der Waals surface area contributed by atoms with E-state index in [1.54, 1.807) is 6.20 Å². The predicted molar refractivity (Wildman–Crippen MR) is 115 cm³/mol. The maximum atomic E-state index is 4.64. The molecule has 0 saturated carbocycles. The zero-order valence-corrected chi connectivity index (χ0v) is 15.9. The van der Waals surface area contributed by atoms with Gasteiger partial charge in [-0.25, -0.2) is 4.98 Å². The molecule has 144 valence electrons. The molecule has 0 radical (unpaired) electrons. The van der Waals surface area contributed by atoms with Crippen LogP contribution in [0.1, 0.15) is 0 Å². The third-order valence-corrected chi connectivity index (χ3v) is 5.02. The summed E-state index contributed by atoms with van der Waals surface area (Å²) in [6.07, 6.45) is 1.79. The second-order valence-corrected chi connectivity index (χ2v) is 6.96. The number of benzene rings is 2. The van der Waals surface area contributed by atoms with Crippen molar-refractivity contribution < 1.29 is 0 Å². The largest absolute Gasteiger partial charge is 0.369 e. The molecule has 0 bridgehead atoms. The van der Waals surface area contributed by atoms with E-state index >= 15 is 0 Å². The van der Waals surface area contributed by atoms with Crippen LogP contribution in [0.3, 0.4) is 0 Å². The van der Waals surface area contributed by atoms with E-state index < -0.39 is 0 Å². The van der Waals surface area contributed by atoms with Gasteiger partial charge in [0.05, 0.1) is 11.2 Å². The maximum Gasteiger partial charge on any atom is 0.247 e. The quantitative estimate of drug-likeness (QED) is 0.560. The van der Waals surface area contributed by atoms with Gasteiger partial charge in [-0.2, -0.15) is 0 Å². The first-order valence-corrected chi connectivity index (χ1v) is 9.74. The van der Waals surface area contributed by atoms with Gasteiger partial charge in [0, 0.05) is 49.3 Å². The topological polar surface area (TPSA) is 78.9 Å². The Morgan fingerprint density at radius 2 is 1.72 bits per heavy atom. The van der Waals surface area contributed by atoms with Crippen molar-refractivity contribution >= 4 is 28.4 Å². The molecule has 29 heavy (non-hydrogen) atoms. The van der Waals surface area contributed by atoms with Crippen molar-refractivity contribution in [2.75, 3.05) is 36.4 Å². The van der Waals surface area contributed by atoms with E-state index in [9.17, 15) is 0 Å². The van der Waals surface area contributed by atoms with Gasteiger partial charge in [0.1, 0.15) is 5.52 Å². The number of anilines is 3. The minimum atomic E-state index is 0.477. The summed E-state index contributed by atoms with van der Waals surface area (Å²) < 4.78 is 0. The lowest BCUT2D eigenvalue weighted by Gasteiger charge is -2.29. The van der Waals surface area contributed by atoms with E-state index in [1.807, 2.05) is 36.4 Å². The van der Waals surface area contributed by atoms with Crippen LogP contribution in [0.2, 0.25) is 0 Å². The molecule has 2 aromatic heterocycles. The monoisotopic (exact) mass is 383 g/mol. The highest BCUT2D eigenvalue weighted by Gasteiger charge is 2.10. The number of pyridine rings is 1. The number of hydrogen-bond donors (Lipinski definition) is 2. The summed E-state index contributed by atoms with van der Waals surface area (Å²) in [5.41, 5.74) is 5.61. The van der Waals surface area contributed by atoms with Crippen LogP contribution in [-0.2, 0) is 0 Å². The lowest BCUT2D eigenvalue weighted by molar-refractivity contribution is 0.589. The highest BCUT2D eigenvalue weighted by molar-refractivity contribution is 5.81. The van der Waals surface area contributed by atoms with Gasteiger partial charge in [0.2, 0.25) is 5.95 Å². The SMILES string of the molecule is c1ccc(-c2ccc3nnc(Nc4ccc(N5CCNCC5)cc4)nc3c2)nc1. The Labute approximate surface area is 168 Å². The van der Waals surface area contributed by atoms with Crippen LogP contribution < -0.4 is 15.5 Å². The van der Waals surface area contributed by atoms with Crippen molar-refractivity contribution in [1.29, 1.82) is 0 Å². The molecular weight excluding hydrogens is 362 g/mol. The Balaban J connectivity index is 1.37. The molecule has 1 fully saturated rings. The summed E-state index contributed by atoms with van der Waals surface area (Å²) in [5, 5.41) is 15.1. The molecule has 0 atom stereocenters. The number of nitrogens with zero attached hydrogens (tertiary/aromatic N) is 5. The van der Waals surface area contributed by atoms with Crippen LogP contribution >= 0.6 is 0 Å². The van der Waals surface area contributed by atoms with Crippen LogP contribution in [0, 0.1) is 0 Å².